The third-order valence-electron chi connectivity index (χ3n) is 3.68. The van der Waals surface area contributed by atoms with E-state index in [2.05, 4.69) is 35.1 Å². The summed E-state index contributed by atoms with van der Waals surface area (Å²) in [6.07, 6.45) is 5.28. The van der Waals surface area contributed by atoms with Crippen LogP contribution in [-0.4, -0.2) is 25.5 Å². The molecule has 1 aromatic heterocycles. The Kier molecular flexibility index (Phi) is 4.33. The third-order valence-corrected chi connectivity index (χ3v) is 5.55. The molecular formula is C18H17NO2S2. The van der Waals surface area contributed by atoms with Crippen molar-refractivity contribution in [3.63, 3.8) is 0 Å². The molecule has 0 N–H and O–H groups in total. The fourth-order valence-corrected chi connectivity index (χ4v) is 3.50. The fraction of sp³-hybridized carbons (Fsp3) is 0.111. The normalized spacial score (nSPS) is 11.6. The Morgan fingerprint density at radius 2 is 1.57 bits per heavy atom. The molecule has 0 aliphatic carbocycles. The van der Waals surface area contributed by atoms with Crippen LogP contribution in [0.3, 0.4) is 0 Å². The van der Waals surface area contributed by atoms with E-state index in [-0.39, 0.29) is 0 Å². The molecular weight excluding hydrogens is 326 g/mol. The summed E-state index contributed by atoms with van der Waals surface area (Å²) in [4.78, 5) is 1.56. The first-order valence-electron chi connectivity index (χ1n) is 7.11. The van der Waals surface area contributed by atoms with Crippen LogP contribution in [0, 0.1) is 0 Å². The van der Waals surface area contributed by atoms with E-state index in [0.29, 0.717) is 4.90 Å². The SMILES string of the molecule is CSc1ccc(-n2cccc2-c2ccc(S(C)(=O)=O)cc2)cc1. The van der Waals surface area contributed by atoms with Crippen LogP contribution in [0.1, 0.15) is 0 Å². The summed E-state index contributed by atoms with van der Waals surface area (Å²) in [5.74, 6) is 0. The number of hydrogen-bond donors (Lipinski definition) is 0. The lowest BCUT2D eigenvalue weighted by Gasteiger charge is -2.10. The lowest BCUT2D eigenvalue weighted by Crippen LogP contribution is -1.98. The fourth-order valence-electron chi connectivity index (χ4n) is 2.46. The largest absolute Gasteiger partial charge is 0.317 e. The van der Waals surface area contributed by atoms with Gasteiger partial charge in [0, 0.05) is 23.0 Å². The van der Waals surface area contributed by atoms with Gasteiger partial charge in [-0.05, 0) is 60.4 Å². The molecule has 0 aliphatic heterocycles. The van der Waals surface area contributed by atoms with Crippen molar-refractivity contribution >= 4 is 21.6 Å². The van der Waals surface area contributed by atoms with Crippen molar-refractivity contribution in [1.29, 1.82) is 0 Å². The second kappa shape index (κ2) is 6.26. The maximum Gasteiger partial charge on any atom is 0.175 e. The van der Waals surface area contributed by atoms with Gasteiger partial charge in [-0.3, -0.25) is 0 Å². The van der Waals surface area contributed by atoms with Gasteiger partial charge in [-0.25, -0.2) is 8.42 Å². The molecule has 0 spiro atoms. The van der Waals surface area contributed by atoms with Crippen LogP contribution >= 0.6 is 11.8 Å². The summed E-state index contributed by atoms with van der Waals surface area (Å²) in [7, 11) is -3.17. The van der Waals surface area contributed by atoms with Crippen molar-refractivity contribution in [2.75, 3.05) is 12.5 Å². The molecule has 3 rings (SSSR count). The summed E-state index contributed by atoms with van der Waals surface area (Å²) >= 11 is 1.71. The quantitative estimate of drug-likeness (QED) is 0.664. The highest BCUT2D eigenvalue weighted by atomic mass is 32.2. The summed E-state index contributed by atoms with van der Waals surface area (Å²) in [6, 6.07) is 19.4. The van der Waals surface area contributed by atoms with Crippen LogP contribution in [0.15, 0.2) is 76.7 Å². The molecule has 0 saturated heterocycles. The van der Waals surface area contributed by atoms with Gasteiger partial charge in [0.25, 0.3) is 0 Å². The van der Waals surface area contributed by atoms with Gasteiger partial charge in [0.05, 0.1) is 10.6 Å². The van der Waals surface area contributed by atoms with E-state index < -0.39 is 9.84 Å². The van der Waals surface area contributed by atoms with Crippen molar-refractivity contribution in [2.45, 2.75) is 9.79 Å². The molecule has 0 unspecified atom stereocenters. The molecule has 0 bridgehead atoms. The number of aromatic nitrogens is 1. The lowest BCUT2D eigenvalue weighted by atomic mass is 10.1. The lowest BCUT2D eigenvalue weighted by molar-refractivity contribution is 0.602. The van der Waals surface area contributed by atoms with E-state index in [1.54, 1.807) is 23.9 Å². The Bertz CT molecular complexity index is 908. The Labute approximate surface area is 140 Å². The van der Waals surface area contributed by atoms with E-state index in [1.807, 2.05) is 30.5 Å². The first-order valence-corrected chi connectivity index (χ1v) is 10.2. The van der Waals surface area contributed by atoms with Crippen molar-refractivity contribution < 1.29 is 8.42 Å². The Hall–Kier alpha value is -1.98. The Morgan fingerprint density at radius 3 is 2.13 bits per heavy atom. The first kappa shape index (κ1) is 15.9. The molecule has 2 aromatic carbocycles. The van der Waals surface area contributed by atoms with Crippen molar-refractivity contribution in [1.82, 2.24) is 4.57 Å². The zero-order valence-electron chi connectivity index (χ0n) is 12.9. The molecule has 0 amide bonds. The number of rotatable bonds is 4. The second-order valence-electron chi connectivity index (χ2n) is 5.26. The van der Waals surface area contributed by atoms with E-state index >= 15 is 0 Å². The highest BCUT2D eigenvalue weighted by molar-refractivity contribution is 7.98. The smallest absolute Gasteiger partial charge is 0.175 e. The number of benzene rings is 2. The number of sulfone groups is 1. The van der Waals surface area contributed by atoms with Crippen molar-refractivity contribution in [3.8, 4) is 16.9 Å². The van der Waals surface area contributed by atoms with Gasteiger partial charge >= 0.3 is 0 Å². The van der Waals surface area contributed by atoms with E-state index in [0.717, 1.165) is 16.9 Å². The zero-order chi connectivity index (χ0) is 16.4. The van der Waals surface area contributed by atoms with Crippen LogP contribution in [0.2, 0.25) is 0 Å². The van der Waals surface area contributed by atoms with Gasteiger partial charge in [0.2, 0.25) is 0 Å². The van der Waals surface area contributed by atoms with Crippen molar-refractivity contribution in [2.24, 2.45) is 0 Å². The van der Waals surface area contributed by atoms with E-state index in [4.69, 9.17) is 0 Å². The summed E-state index contributed by atoms with van der Waals surface area (Å²) < 4.78 is 25.2. The Morgan fingerprint density at radius 1 is 0.913 bits per heavy atom. The molecule has 1 heterocycles. The van der Waals surface area contributed by atoms with Crippen LogP contribution in [0.4, 0.5) is 0 Å². The van der Waals surface area contributed by atoms with Crippen molar-refractivity contribution in [3.05, 3.63) is 66.9 Å². The summed E-state index contributed by atoms with van der Waals surface area (Å²) in [5, 5.41) is 0. The van der Waals surface area contributed by atoms with E-state index in [9.17, 15) is 8.42 Å². The van der Waals surface area contributed by atoms with Gasteiger partial charge in [0.15, 0.2) is 9.84 Å². The van der Waals surface area contributed by atoms with Crippen LogP contribution in [0.25, 0.3) is 16.9 Å². The molecule has 3 nitrogen and oxygen atoms in total. The predicted molar refractivity (Wildman–Crippen MR) is 96.1 cm³/mol. The van der Waals surface area contributed by atoms with Gasteiger partial charge in [-0.2, -0.15) is 0 Å². The number of hydrogen-bond acceptors (Lipinski definition) is 3. The number of nitrogens with zero attached hydrogens (tertiary/aromatic N) is 1. The van der Waals surface area contributed by atoms with Crippen LogP contribution in [-0.2, 0) is 9.84 Å². The summed E-state index contributed by atoms with van der Waals surface area (Å²) in [5.41, 5.74) is 3.09. The molecule has 118 valence electrons. The zero-order valence-corrected chi connectivity index (χ0v) is 14.6. The molecule has 23 heavy (non-hydrogen) atoms. The highest BCUT2D eigenvalue weighted by Gasteiger charge is 2.09. The van der Waals surface area contributed by atoms with Gasteiger partial charge in [-0.15, -0.1) is 11.8 Å². The first-order chi connectivity index (χ1) is 11.0. The average Bonchev–Trinajstić information content (AvgIpc) is 3.04. The van der Waals surface area contributed by atoms with Gasteiger partial charge in [-0.1, -0.05) is 12.1 Å². The average molecular weight is 343 g/mol. The molecule has 0 saturated carbocycles. The topological polar surface area (TPSA) is 39.1 Å². The summed E-state index contributed by atoms with van der Waals surface area (Å²) in [6.45, 7) is 0. The molecule has 0 radical (unpaired) electrons. The molecule has 5 heteroatoms. The molecule has 3 aromatic rings. The maximum atomic E-state index is 11.6. The van der Waals surface area contributed by atoms with Crippen LogP contribution < -0.4 is 0 Å². The van der Waals surface area contributed by atoms with Gasteiger partial charge in [0.1, 0.15) is 0 Å². The minimum absolute atomic E-state index is 0.337. The van der Waals surface area contributed by atoms with E-state index in [1.165, 1.54) is 11.2 Å². The highest BCUT2D eigenvalue weighted by Crippen LogP contribution is 2.26. The third kappa shape index (κ3) is 3.35. The Balaban J connectivity index is 2.00. The molecule has 0 atom stereocenters. The van der Waals surface area contributed by atoms with Gasteiger partial charge < -0.3 is 4.57 Å². The maximum absolute atomic E-state index is 11.6. The molecule has 0 fully saturated rings. The number of thioether (sulfide) groups is 1. The molecule has 0 aliphatic rings. The van der Waals surface area contributed by atoms with Crippen LogP contribution in [0.5, 0.6) is 0 Å². The standard InChI is InChI=1S/C18H17NO2S2/c1-22-16-9-7-15(8-10-16)19-13-3-4-18(19)14-5-11-17(12-6-14)23(2,20)21/h3-13H,1-2H3. The predicted octanol–water partition coefficient (Wildman–Crippen LogP) is 4.27. The minimum Gasteiger partial charge on any atom is -0.317 e. The monoisotopic (exact) mass is 343 g/mol. The second-order valence-corrected chi connectivity index (χ2v) is 8.15. The minimum atomic E-state index is -3.17.